The topological polar surface area (TPSA) is 103 Å². The highest BCUT2D eigenvalue weighted by Gasteiger charge is 2.14. The predicted octanol–water partition coefficient (Wildman–Crippen LogP) is 4.41. The number of benzene rings is 2. The molecule has 7 nitrogen and oxygen atoms in total. The van der Waals surface area contributed by atoms with Gasteiger partial charge in [-0.2, -0.15) is 0 Å². The zero-order chi connectivity index (χ0) is 22.7. The van der Waals surface area contributed by atoms with Gasteiger partial charge in [-0.25, -0.2) is 14.4 Å². The lowest BCUT2D eigenvalue weighted by molar-refractivity contribution is 0.102. The molecule has 0 spiro atoms. The van der Waals surface area contributed by atoms with Gasteiger partial charge in [0, 0.05) is 22.5 Å². The van der Waals surface area contributed by atoms with Gasteiger partial charge in [0.25, 0.3) is 11.5 Å². The van der Waals surface area contributed by atoms with E-state index in [1.165, 1.54) is 59.2 Å². The lowest BCUT2D eigenvalue weighted by Gasteiger charge is -2.09. The third-order valence-electron chi connectivity index (χ3n) is 4.41. The van der Waals surface area contributed by atoms with E-state index >= 15 is 0 Å². The Kier molecular flexibility index (Phi) is 6.20. The molecule has 0 saturated heterocycles. The van der Waals surface area contributed by atoms with Crippen molar-refractivity contribution in [3.05, 3.63) is 99.9 Å². The highest BCUT2D eigenvalue weighted by molar-refractivity contribution is 7.99. The van der Waals surface area contributed by atoms with Crippen molar-refractivity contribution in [2.75, 3.05) is 11.1 Å². The Bertz CT molecular complexity index is 1340. The minimum atomic E-state index is -0.557. The van der Waals surface area contributed by atoms with Crippen LogP contribution in [0.2, 0.25) is 5.02 Å². The summed E-state index contributed by atoms with van der Waals surface area (Å²) in [4.78, 5) is 34.2. The van der Waals surface area contributed by atoms with E-state index in [0.29, 0.717) is 16.4 Å². The van der Waals surface area contributed by atoms with E-state index in [2.05, 4.69) is 15.3 Å². The van der Waals surface area contributed by atoms with Crippen LogP contribution in [0.4, 0.5) is 15.9 Å². The van der Waals surface area contributed by atoms with Crippen LogP contribution in [0.5, 0.6) is 0 Å². The van der Waals surface area contributed by atoms with Crippen LogP contribution in [0.15, 0.2) is 87.9 Å². The first kappa shape index (κ1) is 21.5. The normalized spacial score (nSPS) is 10.7. The molecule has 10 heteroatoms. The fourth-order valence-corrected chi connectivity index (χ4v) is 3.83. The first-order valence-corrected chi connectivity index (χ1v) is 10.4. The number of rotatable bonds is 5. The van der Waals surface area contributed by atoms with Crippen molar-refractivity contribution in [2.45, 2.75) is 9.92 Å². The van der Waals surface area contributed by atoms with Gasteiger partial charge in [-0.05, 0) is 60.7 Å². The number of carbonyl (C=O) groups is 1. The number of nitrogens with one attached hydrogen (secondary N) is 1. The van der Waals surface area contributed by atoms with Gasteiger partial charge in [0.15, 0.2) is 0 Å². The molecule has 0 aliphatic rings. The summed E-state index contributed by atoms with van der Waals surface area (Å²) in [5.74, 6) is -0.775. The second-order valence-electron chi connectivity index (χ2n) is 6.53. The highest BCUT2D eigenvalue weighted by Crippen LogP contribution is 2.33. The predicted molar refractivity (Wildman–Crippen MR) is 122 cm³/mol. The maximum Gasteiger partial charge on any atom is 0.267 e. The van der Waals surface area contributed by atoms with Crippen LogP contribution in [0.25, 0.3) is 5.69 Å². The smallest absolute Gasteiger partial charge is 0.267 e. The van der Waals surface area contributed by atoms with Crippen LogP contribution in [0, 0.1) is 5.82 Å². The number of hydrogen-bond acceptors (Lipinski definition) is 6. The summed E-state index contributed by atoms with van der Waals surface area (Å²) < 4.78 is 14.5. The number of nitrogens with two attached hydrogens (primary N) is 1. The lowest BCUT2D eigenvalue weighted by atomic mass is 10.2. The zero-order valence-electron chi connectivity index (χ0n) is 16.3. The Morgan fingerprint density at radius 2 is 1.78 bits per heavy atom. The zero-order valence-corrected chi connectivity index (χ0v) is 17.9. The first-order valence-electron chi connectivity index (χ1n) is 9.25. The highest BCUT2D eigenvalue weighted by atomic mass is 35.5. The standard InChI is InChI=1S/C22H15ClFN5O2S/c23-18-19(25)26-12-27-21(18)32-16-9-5-14(6-10-16)28-20(30)17-2-1-11-29(22(17)31)15-7-3-13(24)4-8-15/h1-12H,(H,28,30)(H2,25,26,27). The van der Waals surface area contributed by atoms with Crippen LogP contribution in [0.1, 0.15) is 10.4 Å². The quantitative estimate of drug-likeness (QED) is 0.421. The number of nitrogens with zero attached hydrogens (tertiary/aromatic N) is 3. The monoisotopic (exact) mass is 467 g/mol. The number of halogens is 2. The summed E-state index contributed by atoms with van der Waals surface area (Å²) in [7, 11) is 0. The van der Waals surface area contributed by atoms with Crippen LogP contribution in [-0.4, -0.2) is 20.4 Å². The molecule has 0 saturated carbocycles. The maximum atomic E-state index is 13.2. The molecule has 0 aliphatic heterocycles. The summed E-state index contributed by atoms with van der Waals surface area (Å²) in [6.07, 6.45) is 2.85. The number of pyridine rings is 1. The summed E-state index contributed by atoms with van der Waals surface area (Å²) in [6, 6.07) is 15.4. The average Bonchev–Trinajstić information content (AvgIpc) is 2.79. The van der Waals surface area contributed by atoms with Gasteiger partial charge in [-0.3, -0.25) is 14.2 Å². The van der Waals surface area contributed by atoms with Gasteiger partial charge in [0.05, 0.1) is 0 Å². The van der Waals surface area contributed by atoms with Crippen molar-refractivity contribution < 1.29 is 9.18 Å². The van der Waals surface area contributed by atoms with Crippen molar-refractivity contribution in [1.82, 2.24) is 14.5 Å². The van der Waals surface area contributed by atoms with Gasteiger partial charge in [-0.15, -0.1) is 0 Å². The van der Waals surface area contributed by atoms with Crippen molar-refractivity contribution in [3.8, 4) is 5.69 Å². The summed E-state index contributed by atoms with van der Waals surface area (Å²) >= 11 is 7.41. The second-order valence-corrected chi connectivity index (χ2v) is 7.97. The molecule has 1 amide bonds. The van der Waals surface area contributed by atoms with Crippen molar-refractivity contribution in [3.63, 3.8) is 0 Å². The molecule has 4 aromatic rings. The number of hydrogen-bond donors (Lipinski definition) is 2. The molecule has 0 radical (unpaired) electrons. The number of amides is 1. The first-order chi connectivity index (χ1) is 15.4. The SMILES string of the molecule is Nc1ncnc(Sc2ccc(NC(=O)c3cccn(-c4ccc(F)cc4)c3=O)cc2)c1Cl. The molecule has 32 heavy (non-hydrogen) atoms. The molecule has 0 bridgehead atoms. The minimum absolute atomic E-state index is 0.0430. The van der Waals surface area contributed by atoms with Crippen LogP contribution in [-0.2, 0) is 0 Å². The van der Waals surface area contributed by atoms with Gasteiger partial charge in [0.2, 0.25) is 0 Å². The maximum absolute atomic E-state index is 13.2. The minimum Gasteiger partial charge on any atom is -0.382 e. The van der Waals surface area contributed by atoms with E-state index in [9.17, 15) is 14.0 Å². The lowest BCUT2D eigenvalue weighted by Crippen LogP contribution is -2.27. The van der Waals surface area contributed by atoms with Crippen molar-refractivity contribution in [1.29, 1.82) is 0 Å². The van der Waals surface area contributed by atoms with Crippen LogP contribution in [0.3, 0.4) is 0 Å². The molecular formula is C22H15ClFN5O2S. The molecule has 4 rings (SSSR count). The third kappa shape index (κ3) is 4.63. The summed E-state index contributed by atoms with van der Waals surface area (Å²) in [5, 5.41) is 3.49. The van der Waals surface area contributed by atoms with Crippen molar-refractivity contribution >= 4 is 40.8 Å². The fraction of sp³-hybridized carbons (Fsp3) is 0. The van der Waals surface area contributed by atoms with Gasteiger partial charge >= 0.3 is 0 Å². The van der Waals surface area contributed by atoms with Gasteiger partial charge < -0.3 is 11.1 Å². The Morgan fingerprint density at radius 3 is 2.50 bits per heavy atom. The van der Waals surface area contributed by atoms with E-state index in [1.807, 2.05) is 0 Å². The van der Waals surface area contributed by atoms with Crippen LogP contribution < -0.4 is 16.6 Å². The number of carbonyl (C=O) groups excluding carboxylic acids is 1. The van der Waals surface area contributed by atoms with E-state index in [4.69, 9.17) is 17.3 Å². The Labute approximate surface area is 191 Å². The Hall–Kier alpha value is -3.69. The molecule has 0 unspecified atom stereocenters. The molecule has 0 aliphatic carbocycles. The van der Waals surface area contributed by atoms with Crippen molar-refractivity contribution in [2.24, 2.45) is 0 Å². The molecule has 2 heterocycles. The molecule has 2 aromatic carbocycles. The molecule has 0 atom stereocenters. The van der Waals surface area contributed by atoms with E-state index in [0.717, 1.165) is 4.90 Å². The Morgan fingerprint density at radius 1 is 1.06 bits per heavy atom. The summed E-state index contributed by atoms with van der Waals surface area (Å²) in [5.41, 5.74) is 6.09. The van der Waals surface area contributed by atoms with Crippen LogP contribution >= 0.6 is 23.4 Å². The molecule has 3 N–H and O–H groups in total. The summed E-state index contributed by atoms with van der Waals surface area (Å²) in [6.45, 7) is 0. The number of nitrogen functional groups attached to an aromatic ring is 1. The number of aromatic nitrogens is 3. The molecule has 160 valence electrons. The number of anilines is 2. The van der Waals surface area contributed by atoms with E-state index in [1.54, 1.807) is 30.3 Å². The Balaban J connectivity index is 1.51. The molecule has 0 fully saturated rings. The molecular weight excluding hydrogens is 453 g/mol. The fourth-order valence-electron chi connectivity index (χ4n) is 2.83. The third-order valence-corrected chi connectivity index (χ3v) is 5.90. The van der Waals surface area contributed by atoms with E-state index in [-0.39, 0.29) is 16.4 Å². The molecule has 2 aromatic heterocycles. The van der Waals surface area contributed by atoms with Gasteiger partial charge in [0.1, 0.15) is 33.6 Å². The largest absolute Gasteiger partial charge is 0.382 e. The van der Waals surface area contributed by atoms with E-state index < -0.39 is 17.3 Å². The van der Waals surface area contributed by atoms with Gasteiger partial charge in [-0.1, -0.05) is 23.4 Å². The second kappa shape index (κ2) is 9.21. The average molecular weight is 468 g/mol.